The van der Waals surface area contributed by atoms with Crippen LogP contribution in [0.3, 0.4) is 0 Å². The zero-order chi connectivity index (χ0) is 70.4. The van der Waals surface area contributed by atoms with E-state index in [-0.39, 0.29) is 25.7 Å². The molecule has 0 radical (unpaired) electrons. The Morgan fingerprint density at radius 2 is 0.552 bits per heavy atom. The maximum Gasteiger partial charge on any atom is 0.472 e. The van der Waals surface area contributed by atoms with Crippen LogP contribution in [-0.2, 0) is 65.4 Å². The Hall–Kier alpha value is -4.02. The Bertz CT molecular complexity index is 2200. The van der Waals surface area contributed by atoms with Crippen molar-refractivity contribution >= 4 is 39.5 Å². The summed E-state index contributed by atoms with van der Waals surface area (Å²) in [7, 11) is -9.95. The molecule has 3 N–H and O–H groups in total. The van der Waals surface area contributed by atoms with Crippen LogP contribution in [0.4, 0.5) is 0 Å². The number of rotatable bonds is 70. The molecule has 0 fully saturated rings. The van der Waals surface area contributed by atoms with Gasteiger partial charge in [-0.15, -0.1) is 0 Å². The highest BCUT2D eigenvalue weighted by molar-refractivity contribution is 7.47. The van der Waals surface area contributed by atoms with Gasteiger partial charge in [0.25, 0.3) is 0 Å². The van der Waals surface area contributed by atoms with Crippen LogP contribution in [0.5, 0.6) is 0 Å². The molecule has 96 heavy (non-hydrogen) atoms. The predicted molar refractivity (Wildman–Crippen MR) is 390 cm³/mol. The molecule has 0 amide bonds. The first-order valence-electron chi connectivity index (χ1n) is 37.5. The molecule has 19 heteroatoms. The van der Waals surface area contributed by atoms with Crippen molar-refractivity contribution in [2.75, 3.05) is 39.6 Å². The number of allylic oxidation sites excluding steroid dienone is 16. The molecule has 0 aromatic rings. The standard InChI is InChI=1S/C77H134O17P2/c1-5-9-13-17-21-25-29-31-33-34-35-36-38-39-43-46-50-54-58-62-75(80)88-68-73(94-77(82)64-60-56-52-48-44-40-37-32-30-26-22-18-14-10-6-2)70-92-96(85,86)90-66-71(78)65-89-95(83,84)91-69-72(93-76(81)63-59-55-51-47-42-28-24-20-16-12-8-4)67-87-74(79)61-57-53-49-45-41-27-23-19-15-11-7-3/h9,13,19-21,23-25,31-33,35-37,39,43,71-73,78H,5-8,10-12,14-18,22,26-30,34,38,40-42,44-70H2,1-4H3,(H,83,84)(H,85,86)/b13-9-,23-19-,24-20-,25-21-,33-31-,36-35-,37-32-,43-39-. The van der Waals surface area contributed by atoms with E-state index in [4.69, 9.17) is 37.0 Å². The van der Waals surface area contributed by atoms with Crippen LogP contribution < -0.4 is 0 Å². The summed E-state index contributed by atoms with van der Waals surface area (Å²) < 4.78 is 68.3. The van der Waals surface area contributed by atoms with Gasteiger partial charge in [-0.2, -0.15) is 0 Å². The third kappa shape index (κ3) is 68.5. The first-order chi connectivity index (χ1) is 46.7. The molecule has 0 aromatic heterocycles. The highest BCUT2D eigenvalue weighted by atomic mass is 31.2. The summed E-state index contributed by atoms with van der Waals surface area (Å²) in [4.78, 5) is 72.7. The lowest BCUT2D eigenvalue weighted by Gasteiger charge is -2.21. The Balaban J connectivity index is 5.35. The topological polar surface area (TPSA) is 237 Å². The highest BCUT2D eigenvalue weighted by Crippen LogP contribution is 2.45. The molecule has 0 saturated carbocycles. The maximum atomic E-state index is 13.1. The van der Waals surface area contributed by atoms with E-state index in [1.807, 2.05) is 0 Å². The highest BCUT2D eigenvalue weighted by Gasteiger charge is 2.30. The number of phosphoric acid groups is 2. The zero-order valence-corrected chi connectivity index (χ0v) is 62.1. The molecule has 0 aliphatic heterocycles. The van der Waals surface area contributed by atoms with Gasteiger partial charge in [-0.25, -0.2) is 9.13 Å². The monoisotopic (exact) mass is 1390 g/mol. The molecule has 5 atom stereocenters. The smallest absolute Gasteiger partial charge is 0.462 e. The second-order valence-electron chi connectivity index (χ2n) is 24.8. The van der Waals surface area contributed by atoms with Crippen molar-refractivity contribution in [1.29, 1.82) is 0 Å². The van der Waals surface area contributed by atoms with Crippen molar-refractivity contribution in [3.63, 3.8) is 0 Å². The van der Waals surface area contributed by atoms with E-state index in [2.05, 4.69) is 125 Å². The first kappa shape index (κ1) is 92.0. The Labute approximate surface area is 582 Å². The van der Waals surface area contributed by atoms with Crippen LogP contribution in [-0.4, -0.2) is 96.7 Å². The van der Waals surface area contributed by atoms with E-state index in [1.165, 1.54) is 64.2 Å². The number of esters is 4. The van der Waals surface area contributed by atoms with Crippen molar-refractivity contribution in [3.8, 4) is 0 Å². The number of carbonyl (C=O) groups excluding carboxylic acids is 4. The van der Waals surface area contributed by atoms with Crippen LogP contribution in [0.25, 0.3) is 0 Å². The number of hydrogen-bond donors (Lipinski definition) is 3. The predicted octanol–water partition coefficient (Wildman–Crippen LogP) is 21.2. The molecule has 0 aliphatic rings. The largest absolute Gasteiger partial charge is 0.472 e. The molecule has 5 unspecified atom stereocenters. The third-order valence-electron chi connectivity index (χ3n) is 15.5. The van der Waals surface area contributed by atoms with E-state index in [0.717, 1.165) is 167 Å². The van der Waals surface area contributed by atoms with Gasteiger partial charge in [0.1, 0.15) is 19.3 Å². The van der Waals surface area contributed by atoms with Crippen LogP contribution >= 0.6 is 15.6 Å². The summed E-state index contributed by atoms with van der Waals surface area (Å²) in [5.41, 5.74) is 0. The Morgan fingerprint density at radius 1 is 0.302 bits per heavy atom. The molecule has 0 rings (SSSR count). The van der Waals surface area contributed by atoms with E-state index >= 15 is 0 Å². The van der Waals surface area contributed by atoms with E-state index < -0.39 is 97.5 Å². The van der Waals surface area contributed by atoms with Crippen molar-refractivity contribution in [1.82, 2.24) is 0 Å². The second-order valence-corrected chi connectivity index (χ2v) is 27.8. The fraction of sp³-hybridized carbons (Fsp3) is 0.740. The lowest BCUT2D eigenvalue weighted by molar-refractivity contribution is -0.161. The molecule has 0 aromatic carbocycles. The lowest BCUT2D eigenvalue weighted by Crippen LogP contribution is -2.30. The Kier molecular flexibility index (Phi) is 66.6. The molecular weight excluding hydrogens is 1260 g/mol. The van der Waals surface area contributed by atoms with E-state index in [9.17, 15) is 43.2 Å². The quantitative estimate of drug-likeness (QED) is 0.0169. The van der Waals surface area contributed by atoms with Gasteiger partial charge in [-0.3, -0.25) is 37.3 Å². The van der Waals surface area contributed by atoms with Crippen molar-refractivity contribution < 1.29 is 80.2 Å². The summed E-state index contributed by atoms with van der Waals surface area (Å²) >= 11 is 0. The minimum absolute atomic E-state index is 0.0773. The molecule has 0 bridgehead atoms. The van der Waals surface area contributed by atoms with Crippen molar-refractivity contribution in [3.05, 3.63) is 97.2 Å². The normalized spacial score (nSPS) is 14.5. The zero-order valence-electron chi connectivity index (χ0n) is 60.3. The summed E-state index contributed by atoms with van der Waals surface area (Å²) in [6, 6.07) is 0. The van der Waals surface area contributed by atoms with Crippen LogP contribution in [0.15, 0.2) is 97.2 Å². The SMILES string of the molecule is CC/C=C\C/C=C\C/C=C\C/C=C\C/C=C\CCCCCC(=O)OCC(COP(=O)(O)OCC(O)COP(=O)(O)OCC(COC(=O)CCCCCCC/C=C\CCCC)OC(=O)CCCCCCC/C=C\CCCC)OC(=O)CCCCCCC/C=C\CCCCCCCC. The number of unbranched alkanes of at least 4 members (excludes halogenated alkanes) is 28. The fourth-order valence-corrected chi connectivity index (χ4v) is 11.3. The van der Waals surface area contributed by atoms with Gasteiger partial charge in [-0.1, -0.05) is 247 Å². The fourth-order valence-electron chi connectivity index (χ4n) is 9.73. The minimum atomic E-state index is -4.98. The number of carbonyl (C=O) groups is 4. The summed E-state index contributed by atoms with van der Waals surface area (Å²) in [5.74, 6) is -2.23. The van der Waals surface area contributed by atoms with Gasteiger partial charge in [-0.05, 0) is 135 Å². The second kappa shape index (κ2) is 69.5. The molecular formula is C77H134O17P2. The van der Waals surface area contributed by atoms with E-state index in [1.54, 1.807) is 0 Å². The maximum absolute atomic E-state index is 13.1. The van der Waals surface area contributed by atoms with Gasteiger partial charge >= 0.3 is 39.5 Å². The Morgan fingerprint density at radius 3 is 0.885 bits per heavy atom. The average Bonchev–Trinajstić information content (AvgIpc) is 1.41. The minimum Gasteiger partial charge on any atom is -0.462 e. The average molecular weight is 1390 g/mol. The number of ether oxygens (including phenoxy) is 4. The molecule has 0 spiro atoms. The van der Waals surface area contributed by atoms with Gasteiger partial charge in [0, 0.05) is 25.7 Å². The molecule has 554 valence electrons. The third-order valence-corrected chi connectivity index (χ3v) is 17.4. The van der Waals surface area contributed by atoms with E-state index in [0.29, 0.717) is 25.7 Å². The summed E-state index contributed by atoms with van der Waals surface area (Å²) in [6.07, 6.45) is 71.3. The molecule has 17 nitrogen and oxygen atoms in total. The first-order valence-corrected chi connectivity index (χ1v) is 40.5. The number of hydrogen-bond acceptors (Lipinski definition) is 15. The molecule has 0 aliphatic carbocycles. The lowest BCUT2D eigenvalue weighted by atomic mass is 10.1. The van der Waals surface area contributed by atoms with Gasteiger partial charge in [0.05, 0.1) is 26.4 Å². The van der Waals surface area contributed by atoms with Crippen molar-refractivity contribution in [2.45, 2.75) is 329 Å². The summed E-state index contributed by atoms with van der Waals surface area (Å²) in [5, 5.41) is 10.6. The van der Waals surface area contributed by atoms with Crippen LogP contribution in [0.1, 0.15) is 310 Å². The number of aliphatic hydroxyl groups excluding tert-OH is 1. The molecule has 0 heterocycles. The van der Waals surface area contributed by atoms with Gasteiger partial charge < -0.3 is 33.8 Å². The number of aliphatic hydroxyl groups is 1. The van der Waals surface area contributed by atoms with Crippen molar-refractivity contribution in [2.24, 2.45) is 0 Å². The van der Waals surface area contributed by atoms with Gasteiger partial charge in [0.15, 0.2) is 12.2 Å². The van der Waals surface area contributed by atoms with Gasteiger partial charge in [0.2, 0.25) is 0 Å². The van der Waals surface area contributed by atoms with Crippen LogP contribution in [0.2, 0.25) is 0 Å². The number of phosphoric ester groups is 2. The summed E-state index contributed by atoms with van der Waals surface area (Å²) in [6.45, 7) is 4.62. The van der Waals surface area contributed by atoms with Crippen LogP contribution in [0, 0.1) is 0 Å². The molecule has 0 saturated heterocycles.